The maximum atomic E-state index is 12.7. The molecule has 0 aromatic carbocycles. The quantitative estimate of drug-likeness (QED) is 0.0273. The van der Waals surface area contributed by atoms with Gasteiger partial charge in [-0.2, -0.15) is 0 Å². The predicted molar refractivity (Wildman–Crippen MR) is 215 cm³/mol. The van der Waals surface area contributed by atoms with Crippen molar-refractivity contribution in [3.63, 3.8) is 0 Å². The number of aliphatic hydroxyl groups excluding tert-OH is 4. The first-order valence-corrected chi connectivity index (χ1v) is 22.3. The molecule has 0 amide bonds. The van der Waals surface area contributed by atoms with Crippen molar-refractivity contribution in [2.24, 2.45) is 0 Å². The molecule has 0 radical (unpaired) electrons. The molecule has 1 rings (SSSR count). The number of hydrogen-bond acceptors (Lipinski definition) is 10. The number of hydrogen-bond donors (Lipinski definition) is 4. The zero-order chi connectivity index (χ0) is 39.5. The lowest BCUT2D eigenvalue weighted by molar-refractivity contribution is -0.305. The Hall–Kier alpha value is -1.56. The van der Waals surface area contributed by atoms with Gasteiger partial charge in [0.05, 0.1) is 13.2 Å². The van der Waals surface area contributed by atoms with Gasteiger partial charge in [0.2, 0.25) is 0 Å². The molecule has 6 unspecified atom stereocenters. The molecule has 0 aromatic rings. The summed E-state index contributed by atoms with van der Waals surface area (Å²) < 4.78 is 22.1. The number of rotatable bonds is 37. The van der Waals surface area contributed by atoms with Gasteiger partial charge in [0, 0.05) is 12.8 Å². The number of allylic oxidation sites excluding steroid dienone is 2. The van der Waals surface area contributed by atoms with Crippen LogP contribution in [0.3, 0.4) is 0 Å². The van der Waals surface area contributed by atoms with Crippen molar-refractivity contribution < 1.29 is 49.0 Å². The van der Waals surface area contributed by atoms with E-state index in [1.54, 1.807) is 0 Å². The Balaban J connectivity index is 2.25. The fourth-order valence-electron chi connectivity index (χ4n) is 6.83. The van der Waals surface area contributed by atoms with Gasteiger partial charge >= 0.3 is 11.9 Å². The average molecular weight is 771 g/mol. The van der Waals surface area contributed by atoms with Crippen LogP contribution in [0.5, 0.6) is 0 Å². The molecule has 0 bridgehead atoms. The monoisotopic (exact) mass is 771 g/mol. The van der Waals surface area contributed by atoms with Crippen LogP contribution in [0.1, 0.15) is 200 Å². The van der Waals surface area contributed by atoms with Gasteiger partial charge in [-0.3, -0.25) is 9.59 Å². The Morgan fingerprint density at radius 1 is 0.556 bits per heavy atom. The predicted octanol–water partition coefficient (Wildman–Crippen LogP) is 9.17. The summed E-state index contributed by atoms with van der Waals surface area (Å²) in [4.78, 5) is 25.2. The largest absolute Gasteiger partial charge is 0.462 e. The molecule has 0 saturated carbocycles. The van der Waals surface area contributed by atoms with Crippen LogP contribution in [0.15, 0.2) is 12.2 Å². The van der Waals surface area contributed by atoms with Crippen LogP contribution < -0.4 is 0 Å². The van der Waals surface area contributed by atoms with E-state index in [9.17, 15) is 30.0 Å². The van der Waals surface area contributed by atoms with Gasteiger partial charge in [0.1, 0.15) is 31.0 Å². The summed E-state index contributed by atoms with van der Waals surface area (Å²) in [5, 5.41) is 40.0. The second-order valence-electron chi connectivity index (χ2n) is 15.5. The first-order chi connectivity index (χ1) is 26.3. The summed E-state index contributed by atoms with van der Waals surface area (Å²) in [5.74, 6) is -0.806. The highest BCUT2D eigenvalue weighted by molar-refractivity contribution is 5.70. The number of carbonyl (C=O) groups excluding carboxylic acids is 2. The van der Waals surface area contributed by atoms with Crippen molar-refractivity contribution in [3.05, 3.63) is 12.2 Å². The second-order valence-corrected chi connectivity index (χ2v) is 15.5. The third kappa shape index (κ3) is 27.1. The molecule has 1 aliphatic heterocycles. The molecule has 0 aromatic heterocycles. The third-order valence-electron chi connectivity index (χ3n) is 10.4. The average Bonchev–Trinajstić information content (AvgIpc) is 3.17. The Bertz CT molecular complexity index is 897. The lowest BCUT2D eigenvalue weighted by Crippen LogP contribution is -2.59. The first-order valence-electron chi connectivity index (χ1n) is 22.3. The highest BCUT2D eigenvalue weighted by Gasteiger charge is 2.44. The molecule has 1 heterocycles. The molecule has 10 heteroatoms. The maximum Gasteiger partial charge on any atom is 0.306 e. The fourth-order valence-corrected chi connectivity index (χ4v) is 6.83. The molecule has 0 aliphatic carbocycles. The zero-order valence-corrected chi connectivity index (χ0v) is 34.5. The van der Waals surface area contributed by atoms with Crippen LogP contribution in [-0.4, -0.2) is 89.0 Å². The van der Waals surface area contributed by atoms with Crippen LogP contribution in [0, 0.1) is 0 Å². The first kappa shape index (κ1) is 50.5. The van der Waals surface area contributed by atoms with Gasteiger partial charge in [-0.25, -0.2) is 0 Å². The van der Waals surface area contributed by atoms with E-state index in [-0.39, 0.29) is 32.0 Å². The van der Waals surface area contributed by atoms with E-state index in [0.29, 0.717) is 6.42 Å². The van der Waals surface area contributed by atoms with E-state index < -0.39 is 49.4 Å². The van der Waals surface area contributed by atoms with E-state index in [4.69, 9.17) is 18.9 Å². The molecule has 10 nitrogen and oxygen atoms in total. The molecule has 1 aliphatic rings. The zero-order valence-electron chi connectivity index (χ0n) is 34.5. The standard InChI is InChI=1S/C44H82O10/c1-3-5-7-9-11-13-14-15-16-17-18-19-20-21-22-23-24-25-27-29-31-33-40(47)53-37(35-51-39(46)32-30-28-26-12-10-8-6-4-2)36-52-44-43(50)42(49)41(48)38(34-45)54-44/h17-18,37-38,41-45,48-50H,3-16,19-36H2,1-2H3/b18-17-. The third-order valence-corrected chi connectivity index (χ3v) is 10.4. The molecule has 4 N–H and O–H groups in total. The summed E-state index contributed by atoms with van der Waals surface area (Å²) in [6.07, 6.45) is 29.5. The van der Waals surface area contributed by atoms with Gasteiger partial charge in [-0.1, -0.05) is 161 Å². The number of carbonyl (C=O) groups is 2. The Kier molecular flexibility index (Phi) is 33.5. The summed E-state index contributed by atoms with van der Waals surface area (Å²) in [7, 11) is 0. The number of unbranched alkanes of at least 4 members (excludes halogenated alkanes) is 24. The molecular formula is C44H82O10. The van der Waals surface area contributed by atoms with Gasteiger partial charge in [-0.05, 0) is 38.5 Å². The van der Waals surface area contributed by atoms with Crippen LogP contribution in [0.4, 0.5) is 0 Å². The lowest BCUT2D eigenvalue weighted by atomic mass is 9.99. The SMILES string of the molecule is CCCCCCCCCC/C=C\CCCCCCCCCCCC(=O)OC(COC(=O)CCCCCCCCCC)COC1OC(CO)C(O)C(O)C1O. The molecule has 6 atom stereocenters. The molecule has 318 valence electrons. The summed E-state index contributed by atoms with van der Waals surface area (Å²) in [6, 6.07) is 0. The highest BCUT2D eigenvalue weighted by Crippen LogP contribution is 2.23. The number of aliphatic hydroxyl groups is 4. The molecule has 0 spiro atoms. The van der Waals surface area contributed by atoms with Crippen molar-refractivity contribution >= 4 is 11.9 Å². The van der Waals surface area contributed by atoms with Crippen LogP contribution in [0.2, 0.25) is 0 Å². The van der Waals surface area contributed by atoms with E-state index in [0.717, 1.165) is 38.5 Å². The molecule has 1 saturated heterocycles. The van der Waals surface area contributed by atoms with Crippen LogP contribution in [-0.2, 0) is 28.5 Å². The Morgan fingerprint density at radius 3 is 1.44 bits per heavy atom. The summed E-state index contributed by atoms with van der Waals surface area (Å²) in [5.41, 5.74) is 0. The number of ether oxygens (including phenoxy) is 4. The normalized spacial score (nSPS) is 20.7. The maximum absolute atomic E-state index is 12.7. The second kappa shape index (κ2) is 35.8. The lowest BCUT2D eigenvalue weighted by Gasteiger charge is -2.39. The van der Waals surface area contributed by atoms with Gasteiger partial charge in [0.25, 0.3) is 0 Å². The highest BCUT2D eigenvalue weighted by atomic mass is 16.7. The number of esters is 2. The van der Waals surface area contributed by atoms with Crippen molar-refractivity contribution in [2.45, 2.75) is 237 Å². The van der Waals surface area contributed by atoms with Crippen molar-refractivity contribution in [3.8, 4) is 0 Å². The van der Waals surface area contributed by atoms with Crippen LogP contribution in [0.25, 0.3) is 0 Å². The smallest absolute Gasteiger partial charge is 0.306 e. The topological polar surface area (TPSA) is 152 Å². The van der Waals surface area contributed by atoms with Crippen molar-refractivity contribution in [1.29, 1.82) is 0 Å². The summed E-state index contributed by atoms with van der Waals surface area (Å²) >= 11 is 0. The van der Waals surface area contributed by atoms with Crippen molar-refractivity contribution in [1.82, 2.24) is 0 Å². The molecular weight excluding hydrogens is 688 g/mol. The molecule has 54 heavy (non-hydrogen) atoms. The van der Waals surface area contributed by atoms with Crippen LogP contribution >= 0.6 is 0 Å². The minimum Gasteiger partial charge on any atom is -0.462 e. The van der Waals surface area contributed by atoms with Gasteiger partial charge in [0.15, 0.2) is 12.4 Å². The van der Waals surface area contributed by atoms with E-state index in [2.05, 4.69) is 26.0 Å². The van der Waals surface area contributed by atoms with Gasteiger partial charge in [-0.15, -0.1) is 0 Å². The minimum atomic E-state index is -1.59. The Labute approximate surface area is 329 Å². The molecule has 1 fully saturated rings. The summed E-state index contributed by atoms with van der Waals surface area (Å²) in [6.45, 7) is 3.39. The minimum absolute atomic E-state index is 0.214. The van der Waals surface area contributed by atoms with E-state index >= 15 is 0 Å². The van der Waals surface area contributed by atoms with Gasteiger partial charge < -0.3 is 39.4 Å². The Morgan fingerprint density at radius 2 is 0.981 bits per heavy atom. The van der Waals surface area contributed by atoms with E-state index in [1.807, 2.05) is 0 Å². The fraction of sp³-hybridized carbons (Fsp3) is 0.909. The van der Waals surface area contributed by atoms with Crippen molar-refractivity contribution in [2.75, 3.05) is 19.8 Å². The van der Waals surface area contributed by atoms with E-state index in [1.165, 1.54) is 128 Å².